The normalized spacial score (nSPS) is 24.8. The Kier molecular flexibility index (Phi) is 3.36. The van der Waals surface area contributed by atoms with Crippen molar-refractivity contribution in [1.29, 1.82) is 0 Å². The zero-order valence-corrected chi connectivity index (χ0v) is 10.1. The van der Waals surface area contributed by atoms with Gasteiger partial charge in [0.25, 0.3) is 0 Å². The zero-order valence-electron chi connectivity index (χ0n) is 10.1. The van der Waals surface area contributed by atoms with E-state index in [0.717, 1.165) is 12.8 Å². The first-order valence-corrected chi connectivity index (χ1v) is 6.21. The molecule has 1 saturated carbocycles. The van der Waals surface area contributed by atoms with Gasteiger partial charge in [0, 0.05) is 6.20 Å². The molecule has 3 N–H and O–H groups in total. The molecule has 1 aliphatic rings. The van der Waals surface area contributed by atoms with Crippen molar-refractivity contribution in [3.05, 3.63) is 11.9 Å². The van der Waals surface area contributed by atoms with E-state index in [1.807, 2.05) is 0 Å². The average molecular weight is 237 g/mol. The zero-order chi connectivity index (χ0) is 12.4. The molecule has 2 rings (SSSR count). The van der Waals surface area contributed by atoms with Crippen LogP contribution >= 0.6 is 0 Å². The van der Waals surface area contributed by atoms with Crippen LogP contribution in [0, 0.1) is 5.92 Å². The molecule has 0 radical (unpaired) electrons. The third kappa shape index (κ3) is 2.28. The van der Waals surface area contributed by atoms with Crippen molar-refractivity contribution in [3.63, 3.8) is 0 Å². The van der Waals surface area contributed by atoms with Crippen LogP contribution in [0.4, 0.5) is 5.69 Å². The summed E-state index contributed by atoms with van der Waals surface area (Å²) >= 11 is 0. The van der Waals surface area contributed by atoms with Crippen molar-refractivity contribution >= 4 is 11.7 Å². The molecule has 5 nitrogen and oxygen atoms in total. The molecule has 1 aliphatic carbocycles. The molecular weight excluding hydrogens is 218 g/mol. The predicted octanol–water partition coefficient (Wildman–Crippen LogP) is 2.30. The smallest absolute Gasteiger partial charge is 0.358 e. The Morgan fingerprint density at radius 3 is 2.88 bits per heavy atom. The standard InChI is InChI=1S/C12H19N3O2/c1-2-8-5-3-4-6-10(8)15-7-9(13)11(14-15)12(16)17/h7-8,10H,2-6,13H2,1H3,(H,16,17). The third-order valence-electron chi connectivity index (χ3n) is 3.70. The largest absolute Gasteiger partial charge is 0.476 e. The molecule has 0 aromatic carbocycles. The SMILES string of the molecule is CCC1CCCCC1n1cc(N)c(C(=O)O)n1. The quantitative estimate of drug-likeness (QED) is 0.845. The highest BCUT2D eigenvalue weighted by atomic mass is 16.4. The summed E-state index contributed by atoms with van der Waals surface area (Å²) in [5, 5.41) is 13.1. The van der Waals surface area contributed by atoms with Crippen LogP contribution < -0.4 is 5.73 Å². The summed E-state index contributed by atoms with van der Waals surface area (Å²) in [7, 11) is 0. The number of rotatable bonds is 3. The number of carbonyl (C=O) groups is 1. The molecule has 94 valence electrons. The molecule has 1 aromatic heterocycles. The van der Waals surface area contributed by atoms with E-state index in [-0.39, 0.29) is 11.4 Å². The Morgan fingerprint density at radius 2 is 2.29 bits per heavy atom. The fourth-order valence-electron chi connectivity index (χ4n) is 2.75. The molecule has 1 aromatic rings. The number of aromatic carboxylic acids is 1. The summed E-state index contributed by atoms with van der Waals surface area (Å²) in [6.07, 6.45) is 7.48. The van der Waals surface area contributed by atoms with Gasteiger partial charge in [-0.1, -0.05) is 26.2 Å². The number of anilines is 1. The van der Waals surface area contributed by atoms with Gasteiger partial charge in [-0.15, -0.1) is 0 Å². The lowest BCUT2D eigenvalue weighted by atomic mass is 9.83. The summed E-state index contributed by atoms with van der Waals surface area (Å²) in [5.41, 5.74) is 5.91. The van der Waals surface area contributed by atoms with Gasteiger partial charge in [-0.05, 0) is 18.8 Å². The maximum Gasteiger partial charge on any atom is 0.358 e. The Morgan fingerprint density at radius 1 is 1.59 bits per heavy atom. The van der Waals surface area contributed by atoms with Crippen LogP contribution in [0.2, 0.25) is 0 Å². The number of carboxylic acid groups (broad SMARTS) is 1. The molecule has 0 spiro atoms. The van der Waals surface area contributed by atoms with E-state index in [4.69, 9.17) is 10.8 Å². The van der Waals surface area contributed by atoms with Gasteiger partial charge in [0.15, 0.2) is 5.69 Å². The minimum Gasteiger partial charge on any atom is -0.476 e. The van der Waals surface area contributed by atoms with Gasteiger partial charge in [-0.3, -0.25) is 4.68 Å². The van der Waals surface area contributed by atoms with E-state index >= 15 is 0 Å². The molecular formula is C12H19N3O2. The topological polar surface area (TPSA) is 81.1 Å². The molecule has 17 heavy (non-hydrogen) atoms. The molecule has 0 saturated heterocycles. The van der Waals surface area contributed by atoms with Gasteiger partial charge >= 0.3 is 5.97 Å². The number of nitrogens with zero attached hydrogens (tertiary/aromatic N) is 2. The number of hydrogen-bond donors (Lipinski definition) is 2. The molecule has 2 atom stereocenters. The van der Waals surface area contributed by atoms with Gasteiger partial charge in [0.1, 0.15) is 0 Å². The maximum absolute atomic E-state index is 10.9. The first kappa shape index (κ1) is 12.0. The second-order valence-corrected chi connectivity index (χ2v) is 4.74. The molecule has 0 aliphatic heterocycles. The molecule has 5 heteroatoms. The minimum absolute atomic E-state index is 0.0228. The highest BCUT2D eigenvalue weighted by Crippen LogP contribution is 2.36. The second kappa shape index (κ2) is 4.77. The van der Waals surface area contributed by atoms with Crippen molar-refractivity contribution in [2.45, 2.75) is 45.1 Å². The van der Waals surface area contributed by atoms with E-state index in [1.165, 1.54) is 19.3 Å². The van der Waals surface area contributed by atoms with Crippen molar-refractivity contribution in [2.75, 3.05) is 5.73 Å². The molecule has 0 bridgehead atoms. The molecule has 1 heterocycles. The number of nitrogens with two attached hydrogens (primary N) is 1. The lowest BCUT2D eigenvalue weighted by Crippen LogP contribution is -2.23. The summed E-state index contributed by atoms with van der Waals surface area (Å²) in [6, 6.07) is 0.309. The number of hydrogen-bond acceptors (Lipinski definition) is 3. The van der Waals surface area contributed by atoms with Crippen LogP contribution in [-0.4, -0.2) is 20.9 Å². The van der Waals surface area contributed by atoms with Gasteiger partial charge in [0.05, 0.1) is 11.7 Å². The summed E-state index contributed by atoms with van der Waals surface area (Å²) < 4.78 is 1.77. The van der Waals surface area contributed by atoms with Crippen molar-refractivity contribution < 1.29 is 9.90 Å². The number of aromatic nitrogens is 2. The highest BCUT2D eigenvalue weighted by Gasteiger charge is 2.27. The number of carboxylic acids is 1. The molecule has 2 unspecified atom stereocenters. The van der Waals surface area contributed by atoms with E-state index in [1.54, 1.807) is 10.9 Å². The molecule has 1 fully saturated rings. The van der Waals surface area contributed by atoms with Gasteiger partial charge in [0.2, 0.25) is 0 Å². The van der Waals surface area contributed by atoms with Crippen LogP contribution in [0.15, 0.2) is 6.20 Å². The lowest BCUT2D eigenvalue weighted by Gasteiger charge is -2.30. The fourth-order valence-corrected chi connectivity index (χ4v) is 2.75. The Hall–Kier alpha value is -1.52. The average Bonchev–Trinajstić information content (AvgIpc) is 2.71. The monoisotopic (exact) mass is 237 g/mol. The summed E-state index contributed by atoms with van der Waals surface area (Å²) in [6.45, 7) is 2.17. The Labute approximate surface area is 101 Å². The number of nitrogen functional groups attached to an aromatic ring is 1. The van der Waals surface area contributed by atoms with Gasteiger partial charge in [-0.2, -0.15) is 5.10 Å². The summed E-state index contributed by atoms with van der Waals surface area (Å²) in [5.74, 6) is -0.463. The van der Waals surface area contributed by atoms with Gasteiger partial charge < -0.3 is 10.8 Å². The van der Waals surface area contributed by atoms with Crippen LogP contribution in [0.25, 0.3) is 0 Å². The second-order valence-electron chi connectivity index (χ2n) is 4.74. The Bertz CT molecular complexity index is 414. The minimum atomic E-state index is -1.05. The maximum atomic E-state index is 10.9. The fraction of sp³-hybridized carbons (Fsp3) is 0.667. The van der Waals surface area contributed by atoms with Gasteiger partial charge in [-0.25, -0.2) is 4.79 Å². The van der Waals surface area contributed by atoms with Crippen molar-refractivity contribution in [1.82, 2.24) is 9.78 Å². The van der Waals surface area contributed by atoms with Crippen LogP contribution in [0.3, 0.4) is 0 Å². The van der Waals surface area contributed by atoms with E-state index in [9.17, 15) is 4.79 Å². The lowest BCUT2D eigenvalue weighted by molar-refractivity contribution is 0.0689. The van der Waals surface area contributed by atoms with Crippen molar-refractivity contribution in [3.8, 4) is 0 Å². The first-order chi connectivity index (χ1) is 8.13. The third-order valence-corrected chi connectivity index (χ3v) is 3.70. The highest BCUT2D eigenvalue weighted by molar-refractivity contribution is 5.91. The van der Waals surface area contributed by atoms with E-state index in [0.29, 0.717) is 12.0 Å². The summed E-state index contributed by atoms with van der Waals surface area (Å²) in [4.78, 5) is 10.9. The van der Waals surface area contributed by atoms with Crippen LogP contribution in [-0.2, 0) is 0 Å². The van der Waals surface area contributed by atoms with Crippen molar-refractivity contribution in [2.24, 2.45) is 5.92 Å². The van der Waals surface area contributed by atoms with Crippen LogP contribution in [0.5, 0.6) is 0 Å². The first-order valence-electron chi connectivity index (χ1n) is 6.21. The molecule has 0 amide bonds. The van der Waals surface area contributed by atoms with Crippen LogP contribution in [0.1, 0.15) is 55.6 Å². The Balaban J connectivity index is 2.26. The predicted molar refractivity (Wildman–Crippen MR) is 64.9 cm³/mol. The van der Waals surface area contributed by atoms with E-state index < -0.39 is 5.97 Å². The van der Waals surface area contributed by atoms with E-state index in [2.05, 4.69) is 12.0 Å².